The fraction of sp³-hybridized carbons (Fsp3) is 0.200. The second-order valence-corrected chi connectivity index (χ2v) is 5.14. The topological polar surface area (TPSA) is 42.2 Å². The molecule has 102 valence electrons. The third kappa shape index (κ3) is 2.66. The third-order valence-electron chi connectivity index (χ3n) is 3.32. The molecular formula is C15H15ClN4. The van der Waals surface area contributed by atoms with Crippen molar-refractivity contribution in [2.75, 3.05) is 0 Å². The maximum Gasteiger partial charge on any atom is 0.160 e. The lowest BCUT2D eigenvalue weighted by Gasteiger charge is -2.13. The zero-order valence-electron chi connectivity index (χ0n) is 11.1. The van der Waals surface area contributed by atoms with Crippen molar-refractivity contribution in [3.05, 3.63) is 65.1 Å². The normalized spacial score (nSPS) is 12.7. The number of aromatic nitrogens is 3. The quantitative estimate of drug-likeness (QED) is 0.801. The van der Waals surface area contributed by atoms with E-state index in [1.165, 1.54) is 5.56 Å². The van der Waals surface area contributed by atoms with Crippen molar-refractivity contribution in [3.8, 4) is 0 Å². The lowest BCUT2D eigenvalue weighted by molar-refractivity contribution is 0.556. The van der Waals surface area contributed by atoms with Gasteiger partial charge in [0.1, 0.15) is 0 Å². The van der Waals surface area contributed by atoms with Gasteiger partial charge < -0.3 is 5.32 Å². The van der Waals surface area contributed by atoms with Crippen molar-refractivity contribution in [3.63, 3.8) is 0 Å². The van der Waals surface area contributed by atoms with Gasteiger partial charge in [-0.15, -0.1) is 10.2 Å². The molecule has 20 heavy (non-hydrogen) atoms. The molecule has 0 saturated heterocycles. The number of nitrogens with one attached hydrogen (secondary N) is 1. The van der Waals surface area contributed by atoms with Gasteiger partial charge in [0.15, 0.2) is 11.5 Å². The molecule has 0 fully saturated rings. The molecule has 0 aliphatic heterocycles. The third-order valence-corrected chi connectivity index (χ3v) is 3.57. The molecule has 1 aromatic carbocycles. The molecule has 5 heteroatoms. The molecule has 3 aromatic rings. The second kappa shape index (κ2) is 5.61. The number of rotatable bonds is 4. The van der Waals surface area contributed by atoms with Crippen molar-refractivity contribution in [2.24, 2.45) is 0 Å². The Labute approximate surface area is 122 Å². The standard InChI is InChI=1S/C15H15ClN4/c1-11(12-5-7-13(16)8-6-12)17-10-15-19-18-14-4-2-3-9-20(14)15/h2-9,11,17H,10H2,1H3. The van der Waals surface area contributed by atoms with E-state index in [0.717, 1.165) is 16.5 Å². The molecule has 0 radical (unpaired) electrons. The van der Waals surface area contributed by atoms with E-state index < -0.39 is 0 Å². The van der Waals surface area contributed by atoms with Gasteiger partial charge >= 0.3 is 0 Å². The Morgan fingerprint density at radius 3 is 2.75 bits per heavy atom. The van der Waals surface area contributed by atoms with E-state index in [0.29, 0.717) is 6.54 Å². The van der Waals surface area contributed by atoms with Crippen molar-refractivity contribution < 1.29 is 0 Å². The maximum atomic E-state index is 5.90. The highest BCUT2D eigenvalue weighted by molar-refractivity contribution is 6.30. The van der Waals surface area contributed by atoms with Crippen LogP contribution in [0.5, 0.6) is 0 Å². The smallest absolute Gasteiger partial charge is 0.160 e. The minimum atomic E-state index is 0.225. The van der Waals surface area contributed by atoms with Gasteiger partial charge in [0.25, 0.3) is 0 Å². The predicted molar refractivity (Wildman–Crippen MR) is 79.7 cm³/mol. The number of pyridine rings is 1. The summed E-state index contributed by atoms with van der Waals surface area (Å²) in [5.74, 6) is 0.904. The first-order valence-corrected chi connectivity index (χ1v) is 6.89. The molecule has 1 N–H and O–H groups in total. The fourth-order valence-corrected chi connectivity index (χ4v) is 2.25. The highest BCUT2D eigenvalue weighted by Gasteiger charge is 2.08. The summed E-state index contributed by atoms with van der Waals surface area (Å²) in [6.45, 7) is 2.78. The van der Waals surface area contributed by atoms with Gasteiger partial charge in [-0.3, -0.25) is 4.40 Å². The van der Waals surface area contributed by atoms with Gasteiger partial charge in [-0.1, -0.05) is 29.8 Å². The van der Waals surface area contributed by atoms with Crippen molar-refractivity contribution in [1.82, 2.24) is 19.9 Å². The van der Waals surface area contributed by atoms with Crippen LogP contribution >= 0.6 is 11.6 Å². The zero-order chi connectivity index (χ0) is 13.9. The van der Waals surface area contributed by atoms with E-state index in [9.17, 15) is 0 Å². The van der Waals surface area contributed by atoms with Crippen LogP contribution in [0.25, 0.3) is 5.65 Å². The zero-order valence-corrected chi connectivity index (χ0v) is 11.9. The fourth-order valence-electron chi connectivity index (χ4n) is 2.13. The van der Waals surface area contributed by atoms with Gasteiger partial charge in [0.2, 0.25) is 0 Å². The molecule has 4 nitrogen and oxygen atoms in total. The Balaban J connectivity index is 1.71. The highest BCUT2D eigenvalue weighted by Crippen LogP contribution is 2.16. The number of hydrogen-bond acceptors (Lipinski definition) is 3. The minimum Gasteiger partial charge on any atom is -0.303 e. The Morgan fingerprint density at radius 1 is 1.15 bits per heavy atom. The van der Waals surface area contributed by atoms with Crippen molar-refractivity contribution >= 4 is 17.2 Å². The SMILES string of the molecule is CC(NCc1nnc2ccccn12)c1ccc(Cl)cc1. The summed E-state index contributed by atoms with van der Waals surface area (Å²) in [5.41, 5.74) is 2.06. The van der Waals surface area contributed by atoms with E-state index in [-0.39, 0.29) is 6.04 Å². The summed E-state index contributed by atoms with van der Waals surface area (Å²) in [7, 11) is 0. The van der Waals surface area contributed by atoms with Crippen LogP contribution < -0.4 is 5.32 Å². The average Bonchev–Trinajstić information content (AvgIpc) is 2.89. The molecule has 0 aliphatic rings. The average molecular weight is 287 g/mol. The molecule has 0 saturated carbocycles. The summed E-state index contributed by atoms with van der Waals surface area (Å²) in [4.78, 5) is 0. The van der Waals surface area contributed by atoms with Gasteiger partial charge in [-0.05, 0) is 36.8 Å². The Hall–Kier alpha value is -1.91. The largest absolute Gasteiger partial charge is 0.303 e. The monoisotopic (exact) mass is 286 g/mol. The number of hydrogen-bond donors (Lipinski definition) is 1. The minimum absolute atomic E-state index is 0.225. The summed E-state index contributed by atoms with van der Waals surface area (Å²) in [6.07, 6.45) is 1.97. The van der Waals surface area contributed by atoms with Gasteiger partial charge in [0.05, 0.1) is 6.54 Å². The number of benzene rings is 1. The van der Waals surface area contributed by atoms with Crippen molar-refractivity contribution in [2.45, 2.75) is 19.5 Å². The molecule has 0 spiro atoms. The molecule has 0 amide bonds. The predicted octanol–water partition coefficient (Wildman–Crippen LogP) is 3.23. The summed E-state index contributed by atoms with van der Waals surface area (Å²) in [6, 6.07) is 14.0. The number of halogens is 1. The van der Waals surface area contributed by atoms with Crippen LogP contribution in [0.3, 0.4) is 0 Å². The Bertz CT molecular complexity index is 705. The number of nitrogens with zero attached hydrogens (tertiary/aromatic N) is 3. The molecular weight excluding hydrogens is 272 g/mol. The molecule has 1 unspecified atom stereocenters. The maximum absolute atomic E-state index is 5.90. The van der Waals surface area contributed by atoms with Crippen LogP contribution in [0.15, 0.2) is 48.7 Å². The van der Waals surface area contributed by atoms with E-state index in [1.807, 2.05) is 53.1 Å². The Kier molecular flexibility index (Phi) is 3.67. The van der Waals surface area contributed by atoms with Crippen LogP contribution in [0, 0.1) is 0 Å². The molecule has 0 bridgehead atoms. The molecule has 1 atom stereocenters. The van der Waals surface area contributed by atoms with Crippen LogP contribution in [-0.4, -0.2) is 14.6 Å². The Morgan fingerprint density at radius 2 is 1.95 bits per heavy atom. The first-order valence-electron chi connectivity index (χ1n) is 6.51. The van der Waals surface area contributed by atoms with Gasteiger partial charge in [-0.25, -0.2) is 0 Å². The molecule has 2 aromatic heterocycles. The molecule has 3 rings (SSSR count). The van der Waals surface area contributed by atoms with Crippen LogP contribution in [0.1, 0.15) is 24.4 Å². The lowest BCUT2D eigenvalue weighted by atomic mass is 10.1. The van der Waals surface area contributed by atoms with Gasteiger partial charge in [0, 0.05) is 17.3 Å². The van der Waals surface area contributed by atoms with Gasteiger partial charge in [-0.2, -0.15) is 0 Å². The number of fused-ring (bicyclic) bond motifs is 1. The van der Waals surface area contributed by atoms with Crippen LogP contribution in [0.4, 0.5) is 0 Å². The van der Waals surface area contributed by atoms with E-state index in [4.69, 9.17) is 11.6 Å². The highest BCUT2D eigenvalue weighted by atomic mass is 35.5. The summed E-state index contributed by atoms with van der Waals surface area (Å²) in [5, 5.41) is 12.5. The molecule has 2 heterocycles. The second-order valence-electron chi connectivity index (χ2n) is 4.70. The van der Waals surface area contributed by atoms with Crippen LogP contribution in [-0.2, 0) is 6.54 Å². The summed E-state index contributed by atoms with van der Waals surface area (Å²) < 4.78 is 1.99. The molecule has 0 aliphatic carbocycles. The summed E-state index contributed by atoms with van der Waals surface area (Å²) >= 11 is 5.90. The lowest BCUT2D eigenvalue weighted by Crippen LogP contribution is -2.19. The first kappa shape index (κ1) is 13.1. The van der Waals surface area contributed by atoms with Crippen LogP contribution in [0.2, 0.25) is 5.02 Å². The van der Waals surface area contributed by atoms with E-state index >= 15 is 0 Å². The van der Waals surface area contributed by atoms with E-state index in [1.54, 1.807) is 0 Å². The van der Waals surface area contributed by atoms with E-state index in [2.05, 4.69) is 22.4 Å². The first-order chi connectivity index (χ1) is 9.74. The van der Waals surface area contributed by atoms with Crippen molar-refractivity contribution in [1.29, 1.82) is 0 Å².